The van der Waals surface area contributed by atoms with Gasteiger partial charge < -0.3 is 29.4 Å². The monoisotopic (exact) mass is 343 g/mol. The van der Waals surface area contributed by atoms with Gasteiger partial charge in [-0.25, -0.2) is 4.79 Å². The lowest BCUT2D eigenvalue weighted by Gasteiger charge is -2.28. The predicted octanol–water partition coefficient (Wildman–Crippen LogP) is 1.67. The van der Waals surface area contributed by atoms with Gasteiger partial charge in [-0.2, -0.15) is 0 Å². The van der Waals surface area contributed by atoms with Crippen LogP contribution in [0.2, 0.25) is 0 Å². The molecule has 4 rings (SSSR count). The zero-order valence-electron chi connectivity index (χ0n) is 13.4. The number of carboxylic acids is 1. The normalized spacial score (nSPS) is 16.5. The van der Waals surface area contributed by atoms with E-state index in [-0.39, 0.29) is 11.5 Å². The molecule has 8 heteroatoms. The minimum atomic E-state index is -0.963. The molecule has 25 heavy (non-hydrogen) atoms. The number of hydrogen-bond acceptors (Lipinski definition) is 5. The van der Waals surface area contributed by atoms with Gasteiger partial charge in [0.25, 0.3) is 5.91 Å². The number of amides is 1. The predicted molar refractivity (Wildman–Crippen MR) is 88.6 cm³/mol. The second kappa shape index (κ2) is 6.14. The van der Waals surface area contributed by atoms with Crippen LogP contribution < -0.4 is 9.64 Å². The number of aromatic nitrogens is 1. The number of anilines is 2. The summed E-state index contributed by atoms with van der Waals surface area (Å²) in [5, 5.41) is 9.02. The van der Waals surface area contributed by atoms with Crippen molar-refractivity contribution in [3.05, 3.63) is 41.6 Å². The van der Waals surface area contributed by atoms with Gasteiger partial charge in [-0.1, -0.05) is 0 Å². The van der Waals surface area contributed by atoms with Crippen molar-refractivity contribution in [2.45, 2.75) is 0 Å². The van der Waals surface area contributed by atoms with E-state index in [0.29, 0.717) is 50.3 Å². The largest absolute Gasteiger partial charge is 0.488 e. The quantitative estimate of drug-likeness (QED) is 0.880. The van der Waals surface area contributed by atoms with Gasteiger partial charge in [-0.05, 0) is 24.3 Å². The number of H-pyrrole nitrogens is 1. The third kappa shape index (κ3) is 2.80. The standard InChI is InChI=1S/C17H17N3O5/c21-16(19-5-7-24-10-19)13-9-14-15(18-13)20(6-8-25-14)12-3-1-11(2-4-12)17(22)23/h1-4,9,18H,5-8,10H2,(H,22,23). The lowest BCUT2D eigenvalue weighted by atomic mass is 10.2. The lowest BCUT2D eigenvalue weighted by molar-refractivity contribution is 0.0683. The second-order valence-corrected chi connectivity index (χ2v) is 5.85. The molecule has 1 aromatic carbocycles. The zero-order valence-corrected chi connectivity index (χ0v) is 13.4. The van der Waals surface area contributed by atoms with Crippen LogP contribution in [-0.2, 0) is 4.74 Å². The number of nitrogens with zero attached hydrogens (tertiary/aromatic N) is 2. The van der Waals surface area contributed by atoms with Gasteiger partial charge in [0.15, 0.2) is 11.6 Å². The fourth-order valence-corrected chi connectivity index (χ4v) is 3.00. The molecule has 3 heterocycles. The van der Waals surface area contributed by atoms with E-state index in [1.807, 2.05) is 4.90 Å². The van der Waals surface area contributed by atoms with Crippen LogP contribution in [0.4, 0.5) is 11.5 Å². The Labute approximate surface area is 143 Å². The average molecular weight is 343 g/mol. The number of rotatable bonds is 3. The van der Waals surface area contributed by atoms with Crippen LogP contribution in [0.15, 0.2) is 30.3 Å². The van der Waals surface area contributed by atoms with E-state index in [2.05, 4.69) is 4.98 Å². The van der Waals surface area contributed by atoms with E-state index >= 15 is 0 Å². The maximum Gasteiger partial charge on any atom is 0.335 e. The van der Waals surface area contributed by atoms with Crippen molar-refractivity contribution < 1.29 is 24.2 Å². The number of fused-ring (bicyclic) bond motifs is 1. The Balaban J connectivity index is 1.63. The first-order chi connectivity index (χ1) is 12.1. The van der Waals surface area contributed by atoms with Crippen molar-refractivity contribution in [3.8, 4) is 5.75 Å². The molecular formula is C17H17N3O5. The van der Waals surface area contributed by atoms with Gasteiger partial charge in [0.1, 0.15) is 19.0 Å². The number of nitrogens with one attached hydrogen (secondary N) is 1. The smallest absolute Gasteiger partial charge is 0.335 e. The summed E-state index contributed by atoms with van der Waals surface area (Å²) in [7, 11) is 0. The van der Waals surface area contributed by atoms with Crippen molar-refractivity contribution in [1.82, 2.24) is 9.88 Å². The molecule has 2 aliphatic rings. The Morgan fingerprint density at radius 3 is 2.60 bits per heavy atom. The van der Waals surface area contributed by atoms with E-state index < -0.39 is 5.97 Å². The topological polar surface area (TPSA) is 95.1 Å². The molecule has 0 spiro atoms. The van der Waals surface area contributed by atoms with Gasteiger partial charge in [0.2, 0.25) is 0 Å². The van der Waals surface area contributed by atoms with Crippen LogP contribution in [0, 0.1) is 0 Å². The Morgan fingerprint density at radius 1 is 1.12 bits per heavy atom. The van der Waals surface area contributed by atoms with Gasteiger partial charge in [0, 0.05) is 18.3 Å². The molecule has 2 N–H and O–H groups in total. The van der Waals surface area contributed by atoms with Crippen LogP contribution in [0.5, 0.6) is 5.75 Å². The number of aromatic carboxylic acids is 1. The maximum atomic E-state index is 12.5. The minimum Gasteiger partial charge on any atom is -0.488 e. The minimum absolute atomic E-state index is 0.128. The van der Waals surface area contributed by atoms with Crippen molar-refractivity contribution >= 4 is 23.4 Å². The molecule has 0 unspecified atom stereocenters. The van der Waals surface area contributed by atoms with Crippen LogP contribution in [0.1, 0.15) is 20.8 Å². The van der Waals surface area contributed by atoms with E-state index in [9.17, 15) is 9.59 Å². The number of carbonyl (C=O) groups excluding carboxylic acids is 1. The summed E-state index contributed by atoms with van der Waals surface area (Å²) < 4.78 is 10.9. The summed E-state index contributed by atoms with van der Waals surface area (Å²) in [4.78, 5) is 30.2. The average Bonchev–Trinajstić information content (AvgIpc) is 3.30. The molecule has 130 valence electrons. The molecular weight excluding hydrogens is 326 g/mol. The highest BCUT2D eigenvalue weighted by molar-refractivity contribution is 5.94. The van der Waals surface area contributed by atoms with E-state index in [4.69, 9.17) is 14.6 Å². The molecule has 0 saturated carbocycles. The molecule has 2 aromatic rings. The number of aromatic amines is 1. The zero-order chi connectivity index (χ0) is 17.4. The van der Waals surface area contributed by atoms with Gasteiger partial charge >= 0.3 is 5.97 Å². The Morgan fingerprint density at radius 2 is 1.92 bits per heavy atom. The molecule has 1 aromatic heterocycles. The van der Waals surface area contributed by atoms with Gasteiger partial charge in [0.05, 0.1) is 18.7 Å². The van der Waals surface area contributed by atoms with Gasteiger partial charge in [-0.15, -0.1) is 0 Å². The number of carboxylic acid groups (broad SMARTS) is 1. The summed E-state index contributed by atoms with van der Waals surface area (Å²) in [5.41, 5.74) is 1.51. The van der Waals surface area contributed by atoms with Crippen LogP contribution >= 0.6 is 0 Å². The highest BCUT2D eigenvalue weighted by Crippen LogP contribution is 2.37. The Bertz CT molecular complexity index is 808. The van der Waals surface area contributed by atoms with Crippen molar-refractivity contribution in [2.75, 3.05) is 37.9 Å². The molecule has 2 aliphatic heterocycles. The first-order valence-electron chi connectivity index (χ1n) is 7.97. The maximum absolute atomic E-state index is 12.5. The fourth-order valence-electron chi connectivity index (χ4n) is 3.00. The summed E-state index contributed by atoms with van der Waals surface area (Å²) in [6.07, 6.45) is 0. The number of hydrogen-bond donors (Lipinski definition) is 2. The molecule has 1 saturated heterocycles. The summed E-state index contributed by atoms with van der Waals surface area (Å²) >= 11 is 0. The molecule has 0 radical (unpaired) electrons. The Kier molecular flexibility index (Phi) is 3.81. The SMILES string of the molecule is O=C(O)c1ccc(N2CCOc3cc(C(=O)N4CCOC4)[nH]c32)cc1. The van der Waals surface area contributed by atoms with E-state index in [1.165, 1.54) is 0 Å². The Hall–Kier alpha value is -3.00. The fraction of sp³-hybridized carbons (Fsp3) is 0.294. The van der Waals surface area contributed by atoms with Crippen LogP contribution in [-0.4, -0.2) is 59.9 Å². The van der Waals surface area contributed by atoms with Crippen molar-refractivity contribution in [3.63, 3.8) is 0 Å². The first-order valence-corrected chi connectivity index (χ1v) is 7.97. The lowest BCUT2D eigenvalue weighted by Crippen LogP contribution is -2.29. The highest BCUT2D eigenvalue weighted by Gasteiger charge is 2.27. The van der Waals surface area contributed by atoms with Crippen LogP contribution in [0.3, 0.4) is 0 Å². The molecule has 8 nitrogen and oxygen atoms in total. The van der Waals surface area contributed by atoms with E-state index in [0.717, 1.165) is 5.69 Å². The van der Waals surface area contributed by atoms with E-state index in [1.54, 1.807) is 35.2 Å². The third-order valence-electron chi connectivity index (χ3n) is 4.30. The summed E-state index contributed by atoms with van der Waals surface area (Å²) in [5.74, 6) is 0.210. The highest BCUT2D eigenvalue weighted by atomic mass is 16.5. The van der Waals surface area contributed by atoms with Crippen molar-refractivity contribution in [2.24, 2.45) is 0 Å². The molecule has 1 fully saturated rings. The summed E-state index contributed by atoms with van der Waals surface area (Å²) in [6, 6.07) is 8.31. The number of benzene rings is 1. The van der Waals surface area contributed by atoms with Crippen LogP contribution in [0.25, 0.3) is 0 Å². The number of ether oxygens (including phenoxy) is 2. The molecule has 1 amide bonds. The summed E-state index contributed by atoms with van der Waals surface area (Å²) in [6.45, 7) is 2.49. The third-order valence-corrected chi connectivity index (χ3v) is 4.30. The molecule has 0 bridgehead atoms. The van der Waals surface area contributed by atoms with Crippen molar-refractivity contribution in [1.29, 1.82) is 0 Å². The molecule has 0 aliphatic carbocycles. The molecule has 0 atom stereocenters. The number of carbonyl (C=O) groups is 2. The first kappa shape index (κ1) is 15.5. The second-order valence-electron chi connectivity index (χ2n) is 5.85. The van der Waals surface area contributed by atoms with Gasteiger partial charge in [-0.3, -0.25) is 4.79 Å².